The lowest BCUT2D eigenvalue weighted by Gasteiger charge is -2.14. The summed E-state index contributed by atoms with van der Waals surface area (Å²) in [7, 11) is 1.46. The Hall–Kier alpha value is -4.17. The van der Waals surface area contributed by atoms with Crippen LogP contribution in [0.1, 0.15) is 10.4 Å². The van der Waals surface area contributed by atoms with Crippen LogP contribution in [0.3, 0.4) is 0 Å². The minimum atomic E-state index is -0.621. The highest BCUT2D eigenvalue weighted by Gasteiger charge is 2.15. The van der Waals surface area contributed by atoms with Gasteiger partial charge in [-0.15, -0.1) is 0 Å². The number of carbonyl (C=O) groups is 1. The van der Waals surface area contributed by atoms with Crippen molar-refractivity contribution in [2.45, 2.75) is 0 Å². The van der Waals surface area contributed by atoms with Crippen LogP contribution in [0, 0.1) is 0 Å². The fourth-order valence-electron chi connectivity index (χ4n) is 3.09. The van der Waals surface area contributed by atoms with Crippen LogP contribution in [0.4, 0.5) is 11.4 Å². The molecular weight excluding hydrogens is 432 g/mol. The summed E-state index contributed by atoms with van der Waals surface area (Å²) >= 11 is 6.06. The van der Waals surface area contributed by atoms with Crippen LogP contribution in [0.5, 0.6) is 28.7 Å². The highest BCUT2D eigenvalue weighted by Crippen LogP contribution is 2.37. The Morgan fingerprint density at radius 2 is 1.56 bits per heavy atom. The molecule has 8 nitrogen and oxygen atoms in total. The van der Waals surface area contributed by atoms with Crippen molar-refractivity contribution >= 4 is 39.8 Å². The molecule has 0 bridgehead atoms. The van der Waals surface area contributed by atoms with Gasteiger partial charge in [0.05, 0.1) is 34.6 Å². The Morgan fingerprint density at radius 3 is 2.25 bits per heavy atom. The van der Waals surface area contributed by atoms with Crippen molar-refractivity contribution in [3.05, 3.63) is 71.4 Å². The van der Waals surface area contributed by atoms with Crippen molar-refractivity contribution in [3.63, 3.8) is 0 Å². The van der Waals surface area contributed by atoms with E-state index in [1.807, 2.05) is 0 Å². The summed E-state index contributed by atoms with van der Waals surface area (Å²) < 4.78 is 17.2. The number of halogens is 1. The second kappa shape index (κ2) is 8.52. The van der Waals surface area contributed by atoms with E-state index in [9.17, 15) is 4.79 Å². The summed E-state index contributed by atoms with van der Waals surface area (Å²) in [6.07, 6.45) is 1.59. The van der Waals surface area contributed by atoms with Crippen molar-refractivity contribution in [3.8, 4) is 28.7 Å². The molecule has 162 valence electrons. The van der Waals surface area contributed by atoms with E-state index < -0.39 is 5.91 Å². The van der Waals surface area contributed by atoms with E-state index in [2.05, 4.69) is 4.98 Å². The molecule has 32 heavy (non-hydrogen) atoms. The number of rotatable bonds is 6. The highest BCUT2D eigenvalue weighted by molar-refractivity contribution is 6.33. The van der Waals surface area contributed by atoms with Gasteiger partial charge in [-0.2, -0.15) is 0 Å². The Labute approximate surface area is 188 Å². The van der Waals surface area contributed by atoms with Crippen molar-refractivity contribution in [1.82, 2.24) is 4.98 Å². The number of anilines is 2. The van der Waals surface area contributed by atoms with Gasteiger partial charge in [-0.05, 0) is 36.4 Å². The number of benzene rings is 3. The summed E-state index contributed by atoms with van der Waals surface area (Å²) in [5.41, 5.74) is 18.9. The summed E-state index contributed by atoms with van der Waals surface area (Å²) in [5, 5.41) is 0.962. The Kier molecular flexibility index (Phi) is 5.61. The SMILES string of the molecule is COc1cc2nccc(Oc3ccc(N)c(Oc4ccc(N)c(Cl)c4)c3)c2cc1C(N)=O. The smallest absolute Gasteiger partial charge is 0.252 e. The number of hydrogen-bond acceptors (Lipinski definition) is 7. The maximum absolute atomic E-state index is 11.8. The van der Waals surface area contributed by atoms with E-state index in [1.165, 1.54) is 7.11 Å². The van der Waals surface area contributed by atoms with Gasteiger partial charge >= 0.3 is 0 Å². The molecule has 0 aliphatic heterocycles. The number of ether oxygens (including phenoxy) is 3. The normalized spacial score (nSPS) is 10.7. The molecule has 0 unspecified atom stereocenters. The van der Waals surface area contributed by atoms with Gasteiger partial charge in [0.2, 0.25) is 0 Å². The molecule has 0 saturated heterocycles. The third-order valence-electron chi connectivity index (χ3n) is 4.70. The second-order valence-electron chi connectivity index (χ2n) is 6.83. The molecule has 0 radical (unpaired) electrons. The van der Waals surface area contributed by atoms with Crippen molar-refractivity contribution in [2.24, 2.45) is 5.73 Å². The van der Waals surface area contributed by atoms with E-state index in [0.717, 1.165) is 0 Å². The molecule has 1 aromatic heterocycles. The van der Waals surface area contributed by atoms with E-state index in [0.29, 0.717) is 56.0 Å². The first kappa shape index (κ1) is 21.1. The lowest BCUT2D eigenvalue weighted by atomic mass is 10.1. The molecular formula is C23H19ClN4O4. The largest absolute Gasteiger partial charge is 0.496 e. The molecule has 0 aliphatic carbocycles. The second-order valence-corrected chi connectivity index (χ2v) is 7.24. The van der Waals surface area contributed by atoms with Gasteiger partial charge in [0.1, 0.15) is 23.0 Å². The Balaban J connectivity index is 1.70. The van der Waals surface area contributed by atoms with Gasteiger partial charge in [-0.25, -0.2) is 0 Å². The van der Waals surface area contributed by atoms with Crippen molar-refractivity contribution in [1.29, 1.82) is 0 Å². The van der Waals surface area contributed by atoms with Crippen LogP contribution < -0.4 is 31.4 Å². The zero-order chi connectivity index (χ0) is 22.8. The number of nitrogens with zero attached hydrogens (tertiary/aromatic N) is 1. The van der Waals surface area contributed by atoms with E-state index in [1.54, 1.807) is 60.8 Å². The van der Waals surface area contributed by atoms with E-state index in [-0.39, 0.29) is 5.56 Å². The number of methoxy groups -OCH3 is 1. The zero-order valence-corrected chi connectivity index (χ0v) is 17.7. The topological polar surface area (TPSA) is 136 Å². The minimum Gasteiger partial charge on any atom is -0.496 e. The number of nitrogens with two attached hydrogens (primary N) is 3. The third kappa shape index (κ3) is 4.17. The average Bonchev–Trinajstić information content (AvgIpc) is 2.77. The number of carbonyl (C=O) groups excluding carboxylic acids is 1. The number of aromatic nitrogens is 1. The Bertz CT molecular complexity index is 1340. The average molecular weight is 451 g/mol. The van der Waals surface area contributed by atoms with Crippen LogP contribution in [-0.4, -0.2) is 18.0 Å². The number of primary amides is 1. The van der Waals surface area contributed by atoms with E-state index >= 15 is 0 Å². The first-order valence-corrected chi connectivity index (χ1v) is 9.80. The number of nitrogen functional groups attached to an aromatic ring is 2. The van der Waals surface area contributed by atoms with Crippen LogP contribution in [0.25, 0.3) is 10.9 Å². The standard InChI is InChI=1S/C23H19ClN4O4/c1-30-21-11-19-14(10-15(21)23(27)29)20(6-7-28-19)31-13-3-5-18(26)22(9-13)32-12-2-4-17(25)16(24)8-12/h2-11H,25-26H2,1H3,(H2,27,29). The summed E-state index contributed by atoms with van der Waals surface area (Å²) in [6.45, 7) is 0. The summed E-state index contributed by atoms with van der Waals surface area (Å²) in [6, 6.07) is 14.8. The van der Waals surface area contributed by atoms with E-state index in [4.69, 9.17) is 43.0 Å². The number of fused-ring (bicyclic) bond motifs is 1. The van der Waals surface area contributed by atoms with Crippen LogP contribution >= 0.6 is 11.6 Å². The quantitative estimate of drug-likeness (QED) is 0.361. The number of amides is 1. The van der Waals surface area contributed by atoms with Gasteiger partial charge in [0, 0.05) is 29.8 Å². The molecule has 3 aromatic carbocycles. The number of hydrogen-bond donors (Lipinski definition) is 3. The number of pyridine rings is 1. The van der Waals surface area contributed by atoms with Gasteiger partial charge in [0.15, 0.2) is 5.75 Å². The molecule has 0 atom stereocenters. The van der Waals surface area contributed by atoms with Crippen LogP contribution in [0.2, 0.25) is 5.02 Å². The third-order valence-corrected chi connectivity index (χ3v) is 5.03. The van der Waals surface area contributed by atoms with Crippen LogP contribution in [-0.2, 0) is 0 Å². The molecule has 6 N–H and O–H groups in total. The predicted octanol–water partition coefficient (Wildman–Crippen LogP) is 4.74. The summed E-state index contributed by atoms with van der Waals surface area (Å²) in [5.74, 6) is 1.48. The molecule has 0 fully saturated rings. The predicted molar refractivity (Wildman–Crippen MR) is 124 cm³/mol. The lowest BCUT2D eigenvalue weighted by molar-refractivity contribution is 0.0997. The first-order chi connectivity index (χ1) is 15.4. The van der Waals surface area contributed by atoms with Crippen molar-refractivity contribution in [2.75, 3.05) is 18.6 Å². The maximum Gasteiger partial charge on any atom is 0.252 e. The highest BCUT2D eigenvalue weighted by atomic mass is 35.5. The van der Waals surface area contributed by atoms with Gasteiger partial charge in [0.25, 0.3) is 5.91 Å². The van der Waals surface area contributed by atoms with Gasteiger partial charge < -0.3 is 31.4 Å². The van der Waals surface area contributed by atoms with Crippen molar-refractivity contribution < 1.29 is 19.0 Å². The fraction of sp³-hybridized carbons (Fsp3) is 0.0435. The van der Waals surface area contributed by atoms with Gasteiger partial charge in [-0.1, -0.05) is 11.6 Å². The minimum absolute atomic E-state index is 0.222. The zero-order valence-electron chi connectivity index (χ0n) is 17.0. The summed E-state index contributed by atoms with van der Waals surface area (Å²) in [4.78, 5) is 16.1. The lowest BCUT2D eigenvalue weighted by Crippen LogP contribution is -2.12. The molecule has 9 heteroatoms. The monoisotopic (exact) mass is 450 g/mol. The molecule has 1 heterocycles. The molecule has 1 amide bonds. The fourth-order valence-corrected chi connectivity index (χ4v) is 3.26. The molecule has 0 spiro atoms. The molecule has 0 aliphatic rings. The Morgan fingerprint density at radius 1 is 0.875 bits per heavy atom. The molecule has 4 rings (SSSR count). The van der Waals surface area contributed by atoms with Crippen LogP contribution in [0.15, 0.2) is 60.8 Å². The van der Waals surface area contributed by atoms with Gasteiger partial charge in [-0.3, -0.25) is 9.78 Å². The molecule has 4 aromatic rings. The first-order valence-electron chi connectivity index (χ1n) is 9.42. The maximum atomic E-state index is 11.8. The molecule has 0 saturated carbocycles.